The highest BCUT2D eigenvalue weighted by molar-refractivity contribution is 9.10. The fourth-order valence-electron chi connectivity index (χ4n) is 1.66. The van der Waals surface area contributed by atoms with Gasteiger partial charge in [-0.15, -0.1) is 0 Å². The van der Waals surface area contributed by atoms with Crippen LogP contribution in [-0.4, -0.2) is 8.42 Å². The smallest absolute Gasteiger partial charge is 0.339 e. The number of anilines is 1. The molecule has 2 rings (SSSR count). The van der Waals surface area contributed by atoms with Crippen molar-refractivity contribution in [3.8, 4) is 5.75 Å². The average Bonchev–Trinajstić information content (AvgIpc) is 2.35. The van der Waals surface area contributed by atoms with Gasteiger partial charge < -0.3 is 9.92 Å². The Morgan fingerprint density at radius 2 is 1.65 bits per heavy atom. The van der Waals surface area contributed by atoms with Crippen molar-refractivity contribution in [1.29, 1.82) is 0 Å². The minimum absolute atomic E-state index is 0.0973. The van der Waals surface area contributed by atoms with Crippen LogP contribution in [0.25, 0.3) is 0 Å². The Labute approximate surface area is 126 Å². The van der Waals surface area contributed by atoms with Crippen LogP contribution < -0.4 is 9.92 Å². The van der Waals surface area contributed by atoms with Gasteiger partial charge in [0.2, 0.25) is 0 Å². The van der Waals surface area contributed by atoms with Crippen molar-refractivity contribution in [1.82, 2.24) is 0 Å². The topological polar surface area (TPSA) is 69.4 Å². The number of benzene rings is 2. The van der Waals surface area contributed by atoms with Gasteiger partial charge >= 0.3 is 10.1 Å². The van der Waals surface area contributed by atoms with E-state index in [4.69, 9.17) is 9.92 Å². The van der Waals surface area contributed by atoms with Crippen molar-refractivity contribution >= 4 is 31.7 Å². The molecule has 0 radical (unpaired) electrons. The molecule has 0 aliphatic carbocycles. The second kappa shape index (κ2) is 5.46. The van der Waals surface area contributed by atoms with Gasteiger partial charge in [0, 0.05) is 4.47 Å². The zero-order chi connectivity index (χ0) is 14.9. The summed E-state index contributed by atoms with van der Waals surface area (Å²) in [5.41, 5.74) is 7.90. The molecular weight excluding hydrogens is 342 g/mol. The molecule has 2 aromatic carbocycles. The van der Waals surface area contributed by atoms with Crippen LogP contribution in [-0.2, 0) is 10.1 Å². The zero-order valence-corrected chi connectivity index (χ0v) is 13.5. The molecule has 0 aliphatic rings. The Balaban J connectivity index is 2.41. The lowest BCUT2D eigenvalue weighted by molar-refractivity contribution is 0.487. The van der Waals surface area contributed by atoms with Gasteiger partial charge in [0.15, 0.2) is 5.75 Å². The first kappa shape index (κ1) is 14.9. The second-order valence-corrected chi connectivity index (χ2v) is 6.91. The van der Waals surface area contributed by atoms with Crippen LogP contribution in [0.15, 0.2) is 45.8 Å². The van der Waals surface area contributed by atoms with Gasteiger partial charge in [0.25, 0.3) is 0 Å². The summed E-state index contributed by atoms with van der Waals surface area (Å²) in [5.74, 6) is 0.123. The van der Waals surface area contributed by atoms with Crippen molar-refractivity contribution in [3.63, 3.8) is 0 Å². The van der Waals surface area contributed by atoms with E-state index in [-0.39, 0.29) is 16.3 Å². The number of halogens is 1. The van der Waals surface area contributed by atoms with Gasteiger partial charge in [0.1, 0.15) is 4.90 Å². The monoisotopic (exact) mass is 355 g/mol. The first-order chi connectivity index (χ1) is 9.29. The zero-order valence-electron chi connectivity index (χ0n) is 11.1. The number of nitrogen functional groups attached to an aromatic ring is 1. The number of aryl methyl sites for hydroxylation is 2. The summed E-state index contributed by atoms with van der Waals surface area (Å²) in [6.07, 6.45) is 0. The fraction of sp³-hybridized carbons (Fsp3) is 0.143. The molecule has 4 nitrogen and oxygen atoms in total. The van der Waals surface area contributed by atoms with Gasteiger partial charge in [-0.2, -0.15) is 8.42 Å². The Morgan fingerprint density at radius 1 is 1.05 bits per heavy atom. The van der Waals surface area contributed by atoms with Crippen LogP contribution in [0.4, 0.5) is 5.69 Å². The maximum Gasteiger partial charge on any atom is 0.339 e. The predicted octanol–water partition coefficient (Wildman–Crippen LogP) is 3.42. The molecule has 0 saturated heterocycles. The number of nitrogens with two attached hydrogens (primary N) is 1. The molecule has 6 heteroatoms. The standard InChI is InChI=1S/C14H14BrNO3S/c1-9-3-5-11(6-4-9)20(17,18)19-13-8-10(2)7-12(15)14(13)16/h3-8H,16H2,1-2H3. The van der Waals surface area contributed by atoms with Gasteiger partial charge in [-0.05, 0) is 59.6 Å². The summed E-state index contributed by atoms with van der Waals surface area (Å²) < 4.78 is 30.1. The van der Waals surface area contributed by atoms with Crippen LogP contribution in [0.3, 0.4) is 0 Å². The number of hydrogen-bond donors (Lipinski definition) is 1. The predicted molar refractivity (Wildman–Crippen MR) is 82.3 cm³/mol. The minimum atomic E-state index is -3.89. The van der Waals surface area contributed by atoms with Gasteiger partial charge in [-0.25, -0.2) is 0 Å². The lowest BCUT2D eigenvalue weighted by atomic mass is 10.2. The second-order valence-electron chi connectivity index (χ2n) is 4.51. The van der Waals surface area contributed by atoms with Crippen molar-refractivity contribution in [2.75, 3.05) is 5.73 Å². The van der Waals surface area contributed by atoms with E-state index in [9.17, 15) is 8.42 Å². The third-order valence-corrected chi connectivity index (χ3v) is 4.65. The van der Waals surface area contributed by atoms with Gasteiger partial charge in [-0.1, -0.05) is 17.7 Å². The van der Waals surface area contributed by atoms with E-state index in [1.807, 2.05) is 13.8 Å². The molecule has 2 aromatic rings. The Morgan fingerprint density at radius 3 is 2.25 bits per heavy atom. The molecule has 0 unspecified atom stereocenters. The number of rotatable bonds is 3. The highest BCUT2D eigenvalue weighted by Gasteiger charge is 2.19. The normalized spacial score (nSPS) is 11.3. The fourth-order valence-corrected chi connectivity index (χ4v) is 3.16. The molecule has 2 N–H and O–H groups in total. The molecule has 0 spiro atoms. The molecule has 0 saturated carbocycles. The molecule has 0 amide bonds. The summed E-state index contributed by atoms with van der Waals surface area (Å²) in [6.45, 7) is 3.71. The maximum atomic E-state index is 12.2. The third-order valence-electron chi connectivity index (χ3n) is 2.75. The van der Waals surface area contributed by atoms with Crippen LogP contribution in [0.2, 0.25) is 0 Å². The molecule has 106 valence electrons. The summed E-state index contributed by atoms with van der Waals surface area (Å²) in [6, 6.07) is 9.82. The van der Waals surface area contributed by atoms with Crippen molar-refractivity contribution in [3.05, 3.63) is 52.0 Å². The quantitative estimate of drug-likeness (QED) is 0.676. The maximum absolute atomic E-state index is 12.2. The number of hydrogen-bond acceptors (Lipinski definition) is 4. The molecule has 0 fully saturated rings. The molecule has 20 heavy (non-hydrogen) atoms. The summed E-state index contributed by atoms with van der Waals surface area (Å²) in [4.78, 5) is 0.0973. The van der Waals surface area contributed by atoms with E-state index >= 15 is 0 Å². The Kier molecular flexibility index (Phi) is 4.06. The van der Waals surface area contributed by atoms with E-state index in [0.29, 0.717) is 4.47 Å². The highest BCUT2D eigenvalue weighted by atomic mass is 79.9. The van der Waals surface area contributed by atoms with Gasteiger partial charge in [0.05, 0.1) is 5.69 Å². The first-order valence-corrected chi connectivity index (χ1v) is 8.06. The van der Waals surface area contributed by atoms with Crippen LogP contribution in [0.5, 0.6) is 5.75 Å². The molecular formula is C14H14BrNO3S. The Bertz CT molecular complexity index is 740. The van der Waals surface area contributed by atoms with Crippen molar-refractivity contribution < 1.29 is 12.6 Å². The average molecular weight is 356 g/mol. The van der Waals surface area contributed by atoms with Crippen LogP contribution >= 0.6 is 15.9 Å². The molecule has 0 bridgehead atoms. The van der Waals surface area contributed by atoms with Crippen LogP contribution in [0.1, 0.15) is 11.1 Å². The lowest BCUT2D eigenvalue weighted by Gasteiger charge is -2.11. The van der Waals surface area contributed by atoms with E-state index in [1.165, 1.54) is 12.1 Å². The third kappa shape index (κ3) is 3.13. The molecule has 0 aromatic heterocycles. The minimum Gasteiger partial charge on any atom is -0.395 e. The summed E-state index contributed by atoms with van der Waals surface area (Å²) >= 11 is 3.27. The van der Waals surface area contributed by atoms with E-state index in [0.717, 1.165) is 11.1 Å². The Hall–Kier alpha value is -1.53. The first-order valence-electron chi connectivity index (χ1n) is 5.86. The molecule has 0 heterocycles. The van der Waals surface area contributed by atoms with E-state index in [2.05, 4.69) is 15.9 Å². The molecule has 0 aliphatic heterocycles. The van der Waals surface area contributed by atoms with Crippen molar-refractivity contribution in [2.24, 2.45) is 0 Å². The SMILES string of the molecule is Cc1ccc(S(=O)(=O)Oc2cc(C)cc(Br)c2N)cc1. The highest BCUT2D eigenvalue weighted by Crippen LogP contribution is 2.33. The largest absolute Gasteiger partial charge is 0.395 e. The van der Waals surface area contributed by atoms with Crippen molar-refractivity contribution in [2.45, 2.75) is 18.7 Å². The summed E-state index contributed by atoms with van der Waals surface area (Å²) in [5, 5.41) is 0. The lowest BCUT2D eigenvalue weighted by Crippen LogP contribution is -2.11. The summed E-state index contributed by atoms with van der Waals surface area (Å²) in [7, 11) is -3.89. The van der Waals surface area contributed by atoms with E-state index < -0.39 is 10.1 Å². The van der Waals surface area contributed by atoms with Crippen LogP contribution in [0, 0.1) is 13.8 Å². The molecule has 0 atom stereocenters. The van der Waals surface area contributed by atoms with E-state index in [1.54, 1.807) is 24.3 Å². The van der Waals surface area contributed by atoms with Gasteiger partial charge in [-0.3, -0.25) is 0 Å².